The molecule has 1 aromatic carbocycles. The zero-order valence-electron chi connectivity index (χ0n) is 8.50. The van der Waals surface area contributed by atoms with Gasteiger partial charge < -0.3 is 5.73 Å². The average Bonchev–Trinajstić information content (AvgIpc) is 2.20. The van der Waals surface area contributed by atoms with Gasteiger partial charge in [0.05, 0.1) is 10.7 Å². The molecule has 0 saturated heterocycles. The molecule has 0 unspecified atom stereocenters. The molecule has 4 nitrogen and oxygen atoms in total. The van der Waals surface area contributed by atoms with Crippen molar-refractivity contribution in [2.45, 2.75) is 4.90 Å². The Hall–Kier alpha value is -0.630. The molecule has 0 bridgehead atoms. The molecule has 3 N–H and O–H groups in total. The molecule has 0 heterocycles. The summed E-state index contributed by atoms with van der Waals surface area (Å²) in [7, 11) is -3.84. The van der Waals surface area contributed by atoms with E-state index in [2.05, 4.69) is 27.2 Å². The van der Waals surface area contributed by atoms with Crippen molar-refractivity contribution in [2.75, 3.05) is 12.3 Å². The van der Waals surface area contributed by atoms with Crippen LogP contribution >= 0.6 is 27.5 Å². The van der Waals surface area contributed by atoms with E-state index >= 15 is 0 Å². The lowest BCUT2D eigenvalue weighted by molar-refractivity contribution is 0.584. The number of nitrogen functional groups attached to an aromatic ring is 1. The molecular weight excluding hydrogens is 335 g/mol. The van der Waals surface area contributed by atoms with Crippen LogP contribution in [0.4, 0.5) is 10.1 Å². The van der Waals surface area contributed by atoms with Crippen LogP contribution in [0.15, 0.2) is 28.1 Å². The monoisotopic (exact) mass is 342 g/mol. The highest BCUT2D eigenvalue weighted by Gasteiger charge is 2.19. The van der Waals surface area contributed by atoms with Crippen LogP contribution in [-0.4, -0.2) is 15.0 Å². The molecule has 0 radical (unpaired) electrons. The van der Waals surface area contributed by atoms with Gasteiger partial charge in [-0.25, -0.2) is 17.5 Å². The van der Waals surface area contributed by atoms with Crippen molar-refractivity contribution >= 4 is 43.2 Å². The first-order valence-corrected chi connectivity index (χ1v) is 6.97. The van der Waals surface area contributed by atoms with Gasteiger partial charge in [-0.1, -0.05) is 34.1 Å². The first-order valence-electron chi connectivity index (χ1n) is 4.31. The number of nitrogens with one attached hydrogen (secondary N) is 1. The summed E-state index contributed by atoms with van der Waals surface area (Å²) in [4.78, 5) is -0.271. The minimum absolute atomic E-state index is 0.00402. The van der Waals surface area contributed by atoms with Gasteiger partial charge in [-0.3, -0.25) is 0 Å². The summed E-state index contributed by atoms with van der Waals surface area (Å²) in [5, 5.41) is -0.232. The predicted molar refractivity (Wildman–Crippen MR) is 69.1 cm³/mol. The minimum atomic E-state index is -3.84. The fraction of sp³-hybridized carbons (Fsp3) is 0.111. The van der Waals surface area contributed by atoms with E-state index in [1.165, 1.54) is 0 Å². The first-order chi connectivity index (χ1) is 7.74. The Labute approximate surface area is 112 Å². The van der Waals surface area contributed by atoms with Crippen LogP contribution in [-0.2, 0) is 10.0 Å². The minimum Gasteiger partial charge on any atom is -0.396 e. The number of anilines is 1. The van der Waals surface area contributed by atoms with E-state index in [0.717, 1.165) is 12.1 Å². The van der Waals surface area contributed by atoms with Crippen molar-refractivity contribution in [1.29, 1.82) is 0 Å². The van der Waals surface area contributed by atoms with Gasteiger partial charge in [0.25, 0.3) is 0 Å². The molecule has 1 aromatic rings. The molecule has 0 atom stereocenters. The van der Waals surface area contributed by atoms with E-state index in [1.807, 2.05) is 0 Å². The lowest BCUT2D eigenvalue weighted by atomic mass is 10.3. The second-order valence-corrected chi connectivity index (χ2v) is 6.41. The van der Waals surface area contributed by atoms with Crippen LogP contribution in [0.25, 0.3) is 0 Å². The third kappa shape index (κ3) is 3.67. The second kappa shape index (κ2) is 5.34. The van der Waals surface area contributed by atoms with Gasteiger partial charge in [0.2, 0.25) is 10.0 Å². The molecular formula is C9H9BrClFN2O2S. The van der Waals surface area contributed by atoms with E-state index < -0.39 is 15.8 Å². The van der Waals surface area contributed by atoms with Gasteiger partial charge in [-0.15, -0.1) is 0 Å². The SMILES string of the molecule is C=C(Br)CNS(=O)(=O)c1cc(N)c(F)cc1Cl. The Balaban J connectivity index is 3.15. The predicted octanol–water partition coefficient (Wildman–Crippen LogP) is 2.25. The molecule has 0 saturated carbocycles. The molecule has 0 aliphatic carbocycles. The molecule has 0 amide bonds. The summed E-state index contributed by atoms with van der Waals surface area (Å²) in [5.41, 5.74) is 5.00. The average molecular weight is 344 g/mol. The number of rotatable bonds is 4. The molecule has 0 spiro atoms. The van der Waals surface area contributed by atoms with Crippen LogP contribution in [0.3, 0.4) is 0 Å². The number of sulfonamides is 1. The Kier molecular flexibility index (Phi) is 4.54. The summed E-state index contributed by atoms with van der Waals surface area (Å²) in [6.07, 6.45) is 0. The first kappa shape index (κ1) is 14.4. The molecule has 94 valence electrons. The van der Waals surface area contributed by atoms with E-state index in [9.17, 15) is 12.8 Å². The van der Waals surface area contributed by atoms with Crippen molar-refractivity contribution < 1.29 is 12.8 Å². The number of hydrogen-bond donors (Lipinski definition) is 2. The van der Waals surface area contributed by atoms with Crippen molar-refractivity contribution in [1.82, 2.24) is 4.72 Å². The van der Waals surface area contributed by atoms with Crippen LogP contribution < -0.4 is 10.5 Å². The van der Waals surface area contributed by atoms with Gasteiger partial charge in [-0.2, -0.15) is 0 Å². The number of benzene rings is 1. The topological polar surface area (TPSA) is 72.2 Å². The molecule has 0 aliphatic rings. The van der Waals surface area contributed by atoms with Gasteiger partial charge in [0.1, 0.15) is 10.7 Å². The zero-order valence-corrected chi connectivity index (χ0v) is 11.7. The maximum absolute atomic E-state index is 13.0. The van der Waals surface area contributed by atoms with Crippen LogP contribution in [0.2, 0.25) is 5.02 Å². The third-order valence-electron chi connectivity index (χ3n) is 1.79. The Bertz CT molecular complexity index is 562. The van der Waals surface area contributed by atoms with E-state index in [4.69, 9.17) is 17.3 Å². The molecule has 0 aromatic heterocycles. The lowest BCUT2D eigenvalue weighted by Crippen LogP contribution is -2.25. The number of nitrogens with two attached hydrogens (primary N) is 1. The molecule has 17 heavy (non-hydrogen) atoms. The Morgan fingerprint density at radius 3 is 2.71 bits per heavy atom. The highest BCUT2D eigenvalue weighted by Crippen LogP contribution is 2.26. The fourth-order valence-corrected chi connectivity index (χ4v) is 2.90. The van der Waals surface area contributed by atoms with Crippen LogP contribution in [0.1, 0.15) is 0 Å². The van der Waals surface area contributed by atoms with E-state index in [1.54, 1.807) is 0 Å². The second-order valence-electron chi connectivity index (χ2n) is 3.15. The fourth-order valence-electron chi connectivity index (χ4n) is 1.00. The van der Waals surface area contributed by atoms with E-state index in [0.29, 0.717) is 4.48 Å². The van der Waals surface area contributed by atoms with E-state index in [-0.39, 0.29) is 22.2 Å². The smallest absolute Gasteiger partial charge is 0.242 e. The highest BCUT2D eigenvalue weighted by molar-refractivity contribution is 9.11. The molecule has 1 rings (SSSR count). The third-order valence-corrected chi connectivity index (χ3v) is 3.94. The quantitative estimate of drug-likeness (QED) is 0.824. The summed E-state index contributed by atoms with van der Waals surface area (Å²) >= 11 is 8.66. The Morgan fingerprint density at radius 1 is 1.59 bits per heavy atom. The maximum atomic E-state index is 13.0. The summed E-state index contributed by atoms with van der Waals surface area (Å²) in [6, 6.07) is 1.82. The molecule has 0 fully saturated rings. The summed E-state index contributed by atoms with van der Waals surface area (Å²) in [5.74, 6) is -0.765. The summed E-state index contributed by atoms with van der Waals surface area (Å²) in [6.45, 7) is 3.47. The van der Waals surface area contributed by atoms with Crippen molar-refractivity contribution in [3.05, 3.63) is 34.0 Å². The van der Waals surface area contributed by atoms with Crippen LogP contribution in [0.5, 0.6) is 0 Å². The van der Waals surface area contributed by atoms with Crippen molar-refractivity contribution in [3.8, 4) is 0 Å². The van der Waals surface area contributed by atoms with Gasteiger partial charge >= 0.3 is 0 Å². The largest absolute Gasteiger partial charge is 0.396 e. The Morgan fingerprint density at radius 2 is 2.18 bits per heavy atom. The van der Waals surface area contributed by atoms with Gasteiger partial charge in [-0.05, 0) is 12.1 Å². The van der Waals surface area contributed by atoms with Crippen LogP contribution in [0, 0.1) is 5.82 Å². The number of hydrogen-bond acceptors (Lipinski definition) is 3. The van der Waals surface area contributed by atoms with Crippen molar-refractivity contribution in [3.63, 3.8) is 0 Å². The zero-order chi connectivity index (χ0) is 13.2. The van der Waals surface area contributed by atoms with Gasteiger partial charge in [0.15, 0.2) is 0 Å². The maximum Gasteiger partial charge on any atom is 0.242 e. The van der Waals surface area contributed by atoms with Gasteiger partial charge in [0, 0.05) is 11.0 Å². The molecule has 8 heteroatoms. The normalized spacial score (nSPS) is 11.5. The molecule has 0 aliphatic heterocycles. The number of halogens is 3. The standard InChI is InChI=1S/C9H9BrClFN2O2S/c1-5(10)4-14-17(15,16)9-3-8(13)7(12)2-6(9)11/h2-3,14H,1,4,13H2. The lowest BCUT2D eigenvalue weighted by Gasteiger charge is -2.09. The van der Waals surface area contributed by atoms with Crippen molar-refractivity contribution in [2.24, 2.45) is 0 Å². The highest BCUT2D eigenvalue weighted by atomic mass is 79.9. The summed E-state index contributed by atoms with van der Waals surface area (Å²) < 4.78 is 39.3.